The number of hydrazine groups is 1. The van der Waals surface area contributed by atoms with Crippen LogP contribution in [0, 0.1) is 5.92 Å². The Hall–Kier alpha value is -0.120. The van der Waals surface area contributed by atoms with Crippen molar-refractivity contribution in [3.8, 4) is 0 Å². The molecule has 1 aliphatic heterocycles. The molecular formula is C16H35N3. The summed E-state index contributed by atoms with van der Waals surface area (Å²) in [5.41, 5.74) is 3.44. The van der Waals surface area contributed by atoms with Crippen LogP contribution in [0.25, 0.3) is 0 Å². The van der Waals surface area contributed by atoms with Crippen molar-refractivity contribution < 1.29 is 0 Å². The normalized spacial score (nSPS) is 19.3. The Bertz CT molecular complexity index is 228. The number of rotatable bonds is 9. The Morgan fingerprint density at radius 2 is 1.58 bits per heavy atom. The fourth-order valence-electron chi connectivity index (χ4n) is 3.97. The largest absolute Gasteiger partial charge is 0.296 e. The monoisotopic (exact) mass is 269 g/mol. The number of likely N-dealkylation sites (tertiary alicyclic amines) is 1. The minimum absolute atomic E-state index is 0.258. The Labute approximate surface area is 120 Å². The minimum atomic E-state index is 0.258. The van der Waals surface area contributed by atoms with Crippen LogP contribution >= 0.6 is 0 Å². The van der Waals surface area contributed by atoms with Crippen LogP contribution in [0.15, 0.2) is 0 Å². The second-order valence-electron chi connectivity index (χ2n) is 6.14. The average molecular weight is 269 g/mol. The fraction of sp³-hybridized carbons (Fsp3) is 1.00. The maximum absolute atomic E-state index is 5.96. The van der Waals surface area contributed by atoms with Gasteiger partial charge in [0, 0.05) is 11.6 Å². The molecule has 19 heavy (non-hydrogen) atoms. The van der Waals surface area contributed by atoms with E-state index in [0.717, 1.165) is 5.92 Å². The smallest absolute Gasteiger partial charge is 0.0397 e. The summed E-state index contributed by atoms with van der Waals surface area (Å²) in [6.45, 7) is 11.8. The third kappa shape index (κ3) is 3.71. The van der Waals surface area contributed by atoms with E-state index in [1.807, 2.05) is 0 Å². The molecule has 0 saturated carbocycles. The first kappa shape index (κ1) is 16.9. The topological polar surface area (TPSA) is 41.3 Å². The maximum atomic E-state index is 5.96. The number of nitrogens with one attached hydrogen (secondary N) is 1. The van der Waals surface area contributed by atoms with Gasteiger partial charge in [0.2, 0.25) is 0 Å². The van der Waals surface area contributed by atoms with Crippen molar-refractivity contribution in [3.63, 3.8) is 0 Å². The van der Waals surface area contributed by atoms with Gasteiger partial charge in [0.05, 0.1) is 0 Å². The van der Waals surface area contributed by atoms with Gasteiger partial charge in [-0.3, -0.25) is 16.2 Å². The molecule has 1 aliphatic rings. The van der Waals surface area contributed by atoms with Crippen molar-refractivity contribution in [1.82, 2.24) is 10.3 Å². The van der Waals surface area contributed by atoms with Crippen LogP contribution in [0.3, 0.4) is 0 Å². The average Bonchev–Trinajstić information content (AvgIpc) is 2.98. The van der Waals surface area contributed by atoms with Gasteiger partial charge >= 0.3 is 0 Å². The standard InChI is InChI=1S/C16H35N3/c1-5-14(6-2)13-15(18-17)16(7-3,8-4)19-11-9-10-12-19/h14-15,18H,5-13,17H2,1-4H3. The summed E-state index contributed by atoms with van der Waals surface area (Å²) in [4.78, 5) is 2.71. The molecule has 0 amide bonds. The summed E-state index contributed by atoms with van der Waals surface area (Å²) in [6.07, 6.45) is 8.82. The SMILES string of the molecule is CCC(CC)CC(NN)C(CC)(CC)N1CCCC1. The first-order valence-electron chi connectivity index (χ1n) is 8.39. The molecule has 3 heteroatoms. The number of nitrogens with zero attached hydrogens (tertiary/aromatic N) is 1. The summed E-state index contributed by atoms with van der Waals surface area (Å²) in [7, 11) is 0. The second kappa shape index (κ2) is 8.23. The quantitative estimate of drug-likeness (QED) is 0.498. The fourth-order valence-corrected chi connectivity index (χ4v) is 3.97. The van der Waals surface area contributed by atoms with E-state index in [1.165, 1.54) is 58.0 Å². The molecule has 0 spiro atoms. The van der Waals surface area contributed by atoms with E-state index in [1.54, 1.807) is 0 Å². The lowest BCUT2D eigenvalue weighted by atomic mass is 9.78. The van der Waals surface area contributed by atoms with Crippen LogP contribution in [0.1, 0.15) is 72.6 Å². The van der Waals surface area contributed by atoms with Crippen molar-refractivity contribution >= 4 is 0 Å². The summed E-state index contributed by atoms with van der Waals surface area (Å²) in [6, 6.07) is 0.422. The Kier molecular flexibility index (Phi) is 7.33. The van der Waals surface area contributed by atoms with E-state index in [9.17, 15) is 0 Å². The summed E-state index contributed by atoms with van der Waals surface area (Å²) < 4.78 is 0. The van der Waals surface area contributed by atoms with E-state index >= 15 is 0 Å². The second-order valence-corrected chi connectivity index (χ2v) is 6.14. The molecule has 1 fully saturated rings. The van der Waals surface area contributed by atoms with Crippen molar-refractivity contribution in [1.29, 1.82) is 0 Å². The lowest BCUT2D eigenvalue weighted by molar-refractivity contribution is 0.0511. The zero-order valence-electron chi connectivity index (χ0n) is 13.5. The van der Waals surface area contributed by atoms with Gasteiger partial charge in [0.1, 0.15) is 0 Å². The third-order valence-corrected chi connectivity index (χ3v) is 5.53. The maximum Gasteiger partial charge on any atom is 0.0397 e. The lowest BCUT2D eigenvalue weighted by Gasteiger charge is -2.47. The molecule has 1 saturated heterocycles. The number of hydrogen-bond donors (Lipinski definition) is 2. The molecule has 0 radical (unpaired) electrons. The Balaban J connectivity index is 2.86. The predicted octanol–water partition coefficient (Wildman–Crippen LogP) is 3.30. The van der Waals surface area contributed by atoms with Crippen LogP contribution in [0.4, 0.5) is 0 Å². The van der Waals surface area contributed by atoms with E-state index in [2.05, 4.69) is 38.0 Å². The Morgan fingerprint density at radius 1 is 1.05 bits per heavy atom. The first-order chi connectivity index (χ1) is 9.18. The van der Waals surface area contributed by atoms with Crippen LogP contribution in [-0.2, 0) is 0 Å². The summed E-state index contributed by atoms with van der Waals surface area (Å²) >= 11 is 0. The minimum Gasteiger partial charge on any atom is -0.296 e. The van der Waals surface area contributed by atoms with Gasteiger partial charge in [-0.25, -0.2) is 0 Å². The first-order valence-corrected chi connectivity index (χ1v) is 8.39. The number of nitrogens with two attached hydrogens (primary N) is 1. The highest BCUT2D eigenvalue weighted by Crippen LogP contribution is 2.34. The molecule has 3 N–H and O–H groups in total. The third-order valence-electron chi connectivity index (χ3n) is 5.53. The van der Waals surface area contributed by atoms with Gasteiger partial charge < -0.3 is 0 Å². The molecule has 0 aliphatic carbocycles. The molecule has 0 aromatic carbocycles. The molecule has 0 aromatic heterocycles. The van der Waals surface area contributed by atoms with Crippen LogP contribution < -0.4 is 11.3 Å². The predicted molar refractivity (Wildman–Crippen MR) is 83.9 cm³/mol. The highest BCUT2D eigenvalue weighted by molar-refractivity contribution is 5.00. The molecule has 1 heterocycles. The van der Waals surface area contributed by atoms with Gasteiger partial charge in [-0.2, -0.15) is 0 Å². The van der Waals surface area contributed by atoms with E-state index in [-0.39, 0.29) is 5.54 Å². The van der Waals surface area contributed by atoms with Crippen molar-refractivity contribution in [2.45, 2.75) is 84.2 Å². The van der Waals surface area contributed by atoms with Gasteiger partial charge in [-0.05, 0) is 51.1 Å². The molecule has 0 aromatic rings. The highest BCUT2D eigenvalue weighted by Gasteiger charge is 2.42. The van der Waals surface area contributed by atoms with Gasteiger partial charge in [-0.1, -0.05) is 40.5 Å². The number of hydrogen-bond acceptors (Lipinski definition) is 3. The van der Waals surface area contributed by atoms with Crippen LogP contribution in [0.2, 0.25) is 0 Å². The molecule has 1 atom stereocenters. The summed E-state index contributed by atoms with van der Waals surface area (Å²) in [5.74, 6) is 6.75. The van der Waals surface area contributed by atoms with E-state index < -0.39 is 0 Å². The van der Waals surface area contributed by atoms with Crippen molar-refractivity contribution in [3.05, 3.63) is 0 Å². The summed E-state index contributed by atoms with van der Waals surface area (Å²) in [5, 5.41) is 0. The Morgan fingerprint density at radius 3 is 1.95 bits per heavy atom. The highest BCUT2D eigenvalue weighted by atomic mass is 15.3. The molecular weight excluding hydrogens is 234 g/mol. The van der Waals surface area contributed by atoms with Crippen LogP contribution in [-0.4, -0.2) is 29.6 Å². The molecule has 0 bridgehead atoms. The van der Waals surface area contributed by atoms with Gasteiger partial charge in [0.15, 0.2) is 0 Å². The van der Waals surface area contributed by atoms with E-state index in [0.29, 0.717) is 6.04 Å². The molecule has 1 unspecified atom stereocenters. The molecule has 114 valence electrons. The zero-order chi connectivity index (χ0) is 14.3. The molecule has 3 nitrogen and oxygen atoms in total. The van der Waals surface area contributed by atoms with Gasteiger partial charge in [-0.15, -0.1) is 0 Å². The van der Waals surface area contributed by atoms with E-state index in [4.69, 9.17) is 5.84 Å². The molecule has 1 rings (SSSR count). The zero-order valence-corrected chi connectivity index (χ0v) is 13.5. The lowest BCUT2D eigenvalue weighted by Crippen LogP contribution is -2.62. The van der Waals surface area contributed by atoms with Crippen molar-refractivity contribution in [2.24, 2.45) is 11.8 Å². The van der Waals surface area contributed by atoms with Gasteiger partial charge in [0.25, 0.3) is 0 Å². The van der Waals surface area contributed by atoms with Crippen molar-refractivity contribution in [2.75, 3.05) is 13.1 Å². The van der Waals surface area contributed by atoms with Crippen LogP contribution in [0.5, 0.6) is 0 Å².